The highest BCUT2D eigenvalue weighted by molar-refractivity contribution is 5.68. The van der Waals surface area contributed by atoms with Crippen molar-refractivity contribution in [1.82, 2.24) is 14.5 Å². The first kappa shape index (κ1) is 10.2. The van der Waals surface area contributed by atoms with Gasteiger partial charge in [0.25, 0.3) is 0 Å². The Morgan fingerprint density at radius 2 is 2.53 bits per heavy atom. The molecule has 17 heavy (non-hydrogen) atoms. The summed E-state index contributed by atoms with van der Waals surface area (Å²) in [6, 6.07) is 1.81. The molecule has 0 aliphatic carbocycles. The number of carbonyl (C=O) groups is 1. The molecule has 0 saturated carbocycles. The molecule has 0 saturated heterocycles. The Labute approximate surface area is 97.8 Å². The monoisotopic (exact) mass is 235 g/mol. The van der Waals surface area contributed by atoms with Crippen molar-refractivity contribution < 1.29 is 13.9 Å². The van der Waals surface area contributed by atoms with E-state index in [9.17, 15) is 4.79 Å². The van der Waals surface area contributed by atoms with Gasteiger partial charge in [0.05, 0.1) is 25.0 Å². The average Bonchev–Trinajstić information content (AvgIpc) is 2.88. The van der Waals surface area contributed by atoms with Crippen LogP contribution in [-0.2, 0) is 17.7 Å². The number of rotatable bonds is 1. The smallest absolute Gasteiger partial charge is 0.410 e. The number of fused-ring (bicyclic) bond motifs is 3. The number of oxazole rings is 1. The second-order valence-electron chi connectivity index (χ2n) is 3.92. The summed E-state index contributed by atoms with van der Waals surface area (Å²) in [6.07, 6.45) is 2.16. The third-order valence-corrected chi connectivity index (χ3v) is 2.89. The van der Waals surface area contributed by atoms with Crippen LogP contribution in [0, 0.1) is 0 Å². The second-order valence-corrected chi connectivity index (χ2v) is 3.92. The molecule has 6 nitrogen and oxygen atoms in total. The molecule has 0 fully saturated rings. The van der Waals surface area contributed by atoms with Crippen LogP contribution in [-0.4, -0.2) is 33.8 Å². The number of nitrogens with zero attached hydrogens (tertiary/aromatic N) is 3. The fraction of sp³-hybridized carbons (Fsp3) is 0.455. The minimum Gasteiger partial charge on any atom is -0.450 e. The molecule has 0 N–H and O–H groups in total. The van der Waals surface area contributed by atoms with Crippen LogP contribution in [0.1, 0.15) is 18.4 Å². The van der Waals surface area contributed by atoms with Crippen molar-refractivity contribution in [3.63, 3.8) is 0 Å². The predicted molar refractivity (Wildman–Crippen MR) is 58.6 cm³/mol. The molecule has 90 valence electrons. The van der Waals surface area contributed by atoms with Crippen molar-refractivity contribution >= 4 is 11.8 Å². The Bertz CT molecular complexity index is 557. The van der Waals surface area contributed by atoms with Crippen molar-refractivity contribution in [3.8, 4) is 0 Å². The van der Waals surface area contributed by atoms with Crippen LogP contribution >= 0.6 is 0 Å². The van der Waals surface area contributed by atoms with E-state index in [4.69, 9.17) is 9.15 Å². The fourth-order valence-electron chi connectivity index (χ4n) is 2.11. The van der Waals surface area contributed by atoms with Crippen LogP contribution in [0.5, 0.6) is 0 Å². The molecular weight excluding hydrogens is 222 g/mol. The van der Waals surface area contributed by atoms with Crippen LogP contribution in [0.25, 0.3) is 5.71 Å². The maximum atomic E-state index is 11.6. The van der Waals surface area contributed by atoms with E-state index in [2.05, 4.69) is 5.10 Å². The molecule has 0 atom stereocenters. The van der Waals surface area contributed by atoms with Gasteiger partial charge in [-0.1, -0.05) is 0 Å². The average molecular weight is 235 g/mol. The lowest BCUT2D eigenvalue weighted by Gasteiger charge is -2.24. The van der Waals surface area contributed by atoms with Crippen LogP contribution in [0.4, 0.5) is 4.79 Å². The zero-order valence-electron chi connectivity index (χ0n) is 9.55. The van der Waals surface area contributed by atoms with Gasteiger partial charge in [-0.2, -0.15) is 5.10 Å². The normalized spacial score (nSPS) is 15.0. The van der Waals surface area contributed by atoms with Gasteiger partial charge in [0.1, 0.15) is 5.76 Å². The van der Waals surface area contributed by atoms with E-state index in [0.29, 0.717) is 19.7 Å². The maximum Gasteiger partial charge on any atom is 0.410 e. The highest BCUT2D eigenvalue weighted by Crippen LogP contribution is 2.23. The van der Waals surface area contributed by atoms with E-state index < -0.39 is 0 Å². The van der Waals surface area contributed by atoms with Crippen molar-refractivity contribution in [2.75, 3.05) is 13.2 Å². The largest absolute Gasteiger partial charge is 0.450 e. The van der Waals surface area contributed by atoms with Crippen LogP contribution in [0.15, 0.2) is 16.7 Å². The van der Waals surface area contributed by atoms with Crippen LogP contribution in [0.2, 0.25) is 0 Å². The molecule has 2 aromatic heterocycles. The third kappa shape index (κ3) is 1.56. The maximum absolute atomic E-state index is 11.6. The van der Waals surface area contributed by atoms with Crippen LogP contribution in [0.3, 0.4) is 0 Å². The third-order valence-electron chi connectivity index (χ3n) is 2.89. The molecule has 0 unspecified atom stereocenters. The van der Waals surface area contributed by atoms with Gasteiger partial charge in [-0.05, 0) is 6.92 Å². The molecule has 0 spiro atoms. The van der Waals surface area contributed by atoms with E-state index in [0.717, 1.165) is 23.6 Å². The van der Waals surface area contributed by atoms with Crippen molar-refractivity contribution in [3.05, 3.63) is 23.7 Å². The summed E-state index contributed by atoms with van der Waals surface area (Å²) in [5.41, 5.74) is 1.77. The highest BCUT2D eigenvalue weighted by Gasteiger charge is 2.26. The number of hydrogen-bond acceptors (Lipinski definition) is 4. The second kappa shape index (κ2) is 3.80. The molecule has 0 radical (unpaired) electrons. The number of ether oxygens (including phenoxy) is 1. The molecular formula is C11H13N3O3. The molecule has 3 heterocycles. The Morgan fingerprint density at radius 1 is 1.65 bits per heavy atom. The topological polar surface area (TPSA) is 60.0 Å². The van der Waals surface area contributed by atoms with Gasteiger partial charge in [0.15, 0.2) is 0 Å². The van der Waals surface area contributed by atoms with Gasteiger partial charge in [-0.25, -0.2) is 9.31 Å². The van der Waals surface area contributed by atoms with Gasteiger partial charge >= 0.3 is 6.09 Å². The first-order valence-corrected chi connectivity index (χ1v) is 5.65. The standard InChI is InChI=1S/C11H13N3O3/c1-2-16-11(15)13-6-4-8-9(7-13)17-10-3-5-12-14(8)10/h3,5H,2,4,6-7H2,1H3. The minimum absolute atomic E-state index is 0.285. The van der Waals surface area contributed by atoms with E-state index in [-0.39, 0.29) is 6.09 Å². The SMILES string of the molecule is CCOC(=O)N1CCc2c(oc3ccnn23)C1. The lowest BCUT2D eigenvalue weighted by Crippen LogP contribution is -2.36. The van der Waals surface area contributed by atoms with E-state index in [1.54, 1.807) is 22.5 Å². The molecule has 1 aliphatic heterocycles. The first-order chi connectivity index (χ1) is 8.29. The lowest BCUT2D eigenvalue weighted by atomic mass is 10.2. The summed E-state index contributed by atoms with van der Waals surface area (Å²) in [6.45, 7) is 3.29. The summed E-state index contributed by atoms with van der Waals surface area (Å²) in [7, 11) is 0. The minimum atomic E-state index is -0.285. The number of aromatic nitrogens is 2. The first-order valence-electron chi connectivity index (χ1n) is 5.65. The molecule has 0 aromatic carbocycles. The van der Waals surface area contributed by atoms with E-state index in [1.807, 2.05) is 6.07 Å². The Balaban J connectivity index is 1.87. The van der Waals surface area contributed by atoms with E-state index in [1.165, 1.54) is 0 Å². The van der Waals surface area contributed by atoms with E-state index >= 15 is 0 Å². The number of hydrogen-bond donors (Lipinski definition) is 0. The van der Waals surface area contributed by atoms with Crippen LogP contribution < -0.4 is 0 Å². The summed E-state index contributed by atoms with van der Waals surface area (Å²) >= 11 is 0. The highest BCUT2D eigenvalue weighted by atomic mass is 16.6. The summed E-state index contributed by atoms with van der Waals surface area (Å²) < 4.78 is 12.4. The fourth-order valence-corrected chi connectivity index (χ4v) is 2.11. The zero-order chi connectivity index (χ0) is 11.8. The predicted octanol–water partition coefficient (Wildman–Crippen LogP) is 1.44. The summed E-state index contributed by atoms with van der Waals surface area (Å²) in [5.74, 6) is 0.799. The molecule has 1 amide bonds. The summed E-state index contributed by atoms with van der Waals surface area (Å²) in [4.78, 5) is 13.2. The van der Waals surface area contributed by atoms with Crippen molar-refractivity contribution in [1.29, 1.82) is 0 Å². The lowest BCUT2D eigenvalue weighted by molar-refractivity contribution is 0.0991. The van der Waals surface area contributed by atoms with Crippen molar-refractivity contribution in [2.45, 2.75) is 19.9 Å². The number of carbonyl (C=O) groups excluding carboxylic acids is 1. The van der Waals surface area contributed by atoms with Gasteiger partial charge in [-0.3, -0.25) is 0 Å². The molecule has 1 aliphatic rings. The van der Waals surface area contributed by atoms with Gasteiger partial charge in [0, 0.05) is 19.0 Å². The molecule has 3 rings (SSSR count). The van der Waals surface area contributed by atoms with Gasteiger partial charge in [-0.15, -0.1) is 0 Å². The molecule has 0 bridgehead atoms. The Kier molecular flexibility index (Phi) is 2.28. The quantitative estimate of drug-likeness (QED) is 0.750. The molecule has 2 aromatic rings. The molecule has 6 heteroatoms. The van der Waals surface area contributed by atoms with Crippen molar-refractivity contribution in [2.24, 2.45) is 0 Å². The van der Waals surface area contributed by atoms with Gasteiger partial charge in [0.2, 0.25) is 5.71 Å². The number of amides is 1. The van der Waals surface area contributed by atoms with Gasteiger partial charge < -0.3 is 14.1 Å². The summed E-state index contributed by atoms with van der Waals surface area (Å²) in [5, 5.41) is 4.19. The zero-order valence-corrected chi connectivity index (χ0v) is 9.55. The Hall–Kier alpha value is -1.98. The Morgan fingerprint density at radius 3 is 3.35 bits per heavy atom.